The van der Waals surface area contributed by atoms with E-state index in [0.717, 1.165) is 44.5 Å². The standard InChI is InChI=1S/C18H19AsIN5OS/c1-26-12-4-5-13(20)14(10-12)27-18-23-15-16(19)21-11-22-17(15)25(18)9-8-24-6-2-3-7-24/h4-5,10-11H,2-3,6-9H2,1H3. The first-order valence-electron chi connectivity index (χ1n) is 8.79. The summed E-state index contributed by atoms with van der Waals surface area (Å²) in [4.78, 5) is 17.3. The molecule has 0 amide bonds. The molecule has 6 nitrogen and oxygen atoms in total. The van der Waals surface area contributed by atoms with Crippen LogP contribution in [0.4, 0.5) is 0 Å². The molecule has 3 heterocycles. The zero-order valence-electron chi connectivity index (χ0n) is 14.9. The van der Waals surface area contributed by atoms with Crippen LogP contribution in [0, 0.1) is 3.57 Å². The van der Waals surface area contributed by atoms with Crippen molar-refractivity contribution in [1.29, 1.82) is 0 Å². The van der Waals surface area contributed by atoms with Gasteiger partial charge in [-0.25, -0.2) is 0 Å². The van der Waals surface area contributed by atoms with Gasteiger partial charge in [0.05, 0.1) is 0 Å². The van der Waals surface area contributed by atoms with Gasteiger partial charge in [0, 0.05) is 0 Å². The molecule has 9 heteroatoms. The minimum atomic E-state index is 0.852. The Bertz CT molecular complexity index is 960. The molecule has 0 saturated carbocycles. The summed E-state index contributed by atoms with van der Waals surface area (Å²) in [6.07, 6.45) is 4.22. The molecule has 0 unspecified atom stereocenters. The van der Waals surface area contributed by atoms with Crippen LogP contribution in [0.2, 0.25) is 0 Å². The van der Waals surface area contributed by atoms with E-state index in [4.69, 9.17) is 9.72 Å². The van der Waals surface area contributed by atoms with Crippen molar-refractivity contribution >= 4 is 66.9 Å². The molecular formula is C18H19AsIN5OS. The Morgan fingerprint density at radius 2 is 2.04 bits per heavy atom. The maximum absolute atomic E-state index is 5.40. The third-order valence-electron chi connectivity index (χ3n) is 4.66. The van der Waals surface area contributed by atoms with Crippen LogP contribution in [0.5, 0.6) is 5.75 Å². The predicted molar refractivity (Wildman–Crippen MR) is 116 cm³/mol. The molecule has 140 valence electrons. The van der Waals surface area contributed by atoms with E-state index < -0.39 is 0 Å². The number of nitrogens with zero attached hydrogens (tertiary/aromatic N) is 5. The van der Waals surface area contributed by atoms with Gasteiger partial charge in [0.2, 0.25) is 0 Å². The number of benzene rings is 1. The Kier molecular flexibility index (Phi) is 6.26. The molecule has 1 aromatic carbocycles. The summed E-state index contributed by atoms with van der Waals surface area (Å²) < 4.78 is 9.66. The fourth-order valence-corrected chi connectivity index (χ4v) is 5.27. The first kappa shape index (κ1) is 19.5. The molecule has 0 bridgehead atoms. The van der Waals surface area contributed by atoms with Crippen molar-refractivity contribution in [3.05, 3.63) is 28.1 Å². The number of ether oxygens (including phenoxy) is 1. The van der Waals surface area contributed by atoms with Crippen LogP contribution in [0.1, 0.15) is 12.8 Å². The number of hydrogen-bond donors (Lipinski definition) is 0. The second-order valence-electron chi connectivity index (χ2n) is 6.36. The second-order valence-corrected chi connectivity index (χ2v) is 9.42. The number of aromatic nitrogens is 4. The monoisotopic (exact) mass is 555 g/mol. The first-order valence-corrected chi connectivity index (χ1v) is 11.6. The molecule has 0 atom stereocenters. The van der Waals surface area contributed by atoms with Crippen molar-refractivity contribution in [2.75, 3.05) is 26.7 Å². The van der Waals surface area contributed by atoms with Crippen LogP contribution >= 0.6 is 34.4 Å². The van der Waals surface area contributed by atoms with Crippen LogP contribution in [0.15, 0.2) is 34.6 Å². The Hall–Kier alpha value is -0.832. The Labute approximate surface area is 185 Å². The topological polar surface area (TPSA) is 56.1 Å². The van der Waals surface area contributed by atoms with Crippen molar-refractivity contribution in [2.24, 2.45) is 0 Å². The van der Waals surface area contributed by atoms with Crippen LogP contribution in [0.3, 0.4) is 0 Å². The average Bonchev–Trinajstić information content (AvgIpc) is 3.30. The molecule has 1 aliphatic heterocycles. The molecule has 0 N–H and O–H groups in total. The molecule has 0 aliphatic carbocycles. The number of rotatable bonds is 6. The molecular weight excluding hydrogens is 536 g/mol. The van der Waals surface area contributed by atoms with Gasteiger partial charge in [-0.1, -0.05) is 0 Å². The number of hydrogen-bond acceptors (Lipinski definition) is 6. The Morgan fingerprint density at radius 1 is 1.22 bits per heavy atom. The van der Waals surface area contributed by atoms with Crippen LogP contribution in [0.25, 0.3) is 11.2 Å². The third-order valence-corrected chi connectivity index (χ3v) is 7.70. The molecule has 4 rings (SSSR count). The SMILES string of the molecule is COc1ccc(I)c(Sc2nc3c([As])ncnc3n2CCN2CCCC2)c1. The number of imidazole rings is 1. The Morgan fingerprint density at radius 3 is 2.81 bits per heavy atom. The van der Waals surface area contributed by atoms with E-state index in [1.807, 2.05) is 6.07 Å². The molecule has 1 fully saturated rings. The van der Waals surface area contributed by atoms with Crippen molar-refractivity contribution in [2.45, 2.75) is 29.4 Å². The van der Waals surface area contributed by atoms with Crippen molar-refractivity contribution in [3.63, 3.8) is 0 Å². The molecule has 2 radical (unpaired) electrons. The summed E-state index contributed by atoms with van der Waals surface area (Å²) in [6.45, 7) is 4.27. The van der Waals surface area contributed by atoms with Gasteiger partial charge in [-0.15, -0.1) is 0 Å². The van der Waals surface area contributed by atoms with Crippen molar-refractivity contribution in [1.82, 2.24) is 24.4 Å². The van der Waals surface area contributed by atoms with Gasteiger partial charge >= 0.3 is 186 Å². The van der Waals surface area contributed by atoms with E-state index >= 15 is 0 Å². The predicted octanol–water partition coefficient (Wildman–Crippen LogP) is 2.48. The summed E-state index contributed by atoms with van der Waals surface area (Å²) >= 11 is 6.51. The zero-order valence-corrected chi connectivity index (χ0v) is 19.8. The number of likely N-dealkylation sites (tertiary alicyclic amines) is 1. The fourth-order valence-electron chi connectivity index (χ4n) is 3.22. The second kappa shape index (κ2) is 8.67. The molecule has 27 heavy (non-hydrogen) atoms. The normalized spacial score (nSPS) is 14.9. The summed E-state index contributed by atoms with van der Waals surface area (Å²) in [6, 6.07) is 6.11. The first-order chi connectivity index (χ1) is 13.2. The van der Waals surface area contributed by atoms with Gasteiger partial charge in [-0.3, -0.25) is 0 Å². The van der Waals surface area contributed by atoms with Gasteiger partial charge in [0.15, 0.2) is 0 Å². The molecule has 3 aromatic rings. The molecule has 1 saturated heterocycles. The van der Waals surface area contributed by atoms with E-state index in [2.05, 4.69) is 71.0 Å². The van der Waals surface area contributed by atoms with Crippen molar-refractivity contribution < 1.29 is 4.74 Å². The molecule has 1 aliphatic rings. The third kappa shape index (κ3) is 4.28. The average molecular weight is 555 g/mol. The van der Waals surface area contributed by atoms with Gasteiger partial charge in [-0.2, -0.15) is 0 Å². The Balaban J connectivity index is 1.70. The number of halogens is 1. The summed E-state index contributed by atoms with van der Waals surface area (Å²) in [5, 5.41) is 0.947. The fraction of sp³-hybridized carbons (Fsp3) is 0.389. The van der Waals surface area contributed by atoms with Crippen LogP contribution in [-0.2, 0) is 6.54 Å². The maximum atomic E-state index is 5.40. The minimum absolute atomic E-state index is 0.852. The summed E-state index contributed by atoms with van der Waals surface area (Å²) in [7, 11) is 1.69. The van der Waals surface area contributed by atoms with E-state index in [1.54, 1.807) is 25.2 Å². The summed E-state index contributed by atoms with van der Waals surface area (Å²) in [5.74, 6) is 0.852. The van der Waals surface area contributed by atoms with E-state index in [-0.39, 0.29) is 0 Å². The van der Waals surface area contributed by atoms with Gasteiger partial charge < -0.3 is 0 Å². The number of methoxy groups -OCH3 is 1. The van der Waals surface area contributed by atoms with Crippen LogP contribution in [-0.4, -0.2) is 68.0 Å². The van der Waals surface area contributed by atoms with Crippen LogP contribution < -0.4 is 9.22 Å². The summed E-state index contributed by atoms with van der Waals surface area (Å²) in [5.41, 5.74) is 1.76. The zero-order chi connectivity index (χ0) is 18.8. The molecule has 0 spiro atoms. The quantitative estimate of drug-likeness (QED) is 0.345. The van der Waals surface area contributed by atoms with Crippen molar-refractivity contribution in [3.8, 4) is 5.75 Å². The van der Waals surface area contributed by atoms with E-state index in [9.17, 15) is 0 Å². The number of fused-ring (bicyclic) bond motifs is 1. The van der Waals surface area contributed by atoms with E-state index in [1.165, 1.54) is 29.5 Å². The van der Waals surface area contributed by atoms with Gasteiger partial charge in [-0.05, 0) is 0 Å². The van der Waals surface area contributed by atoms with Gasteiger partial charge in [0.1, 0.15) is 0 Å². The van der Waals surface area contributed by atoms with Gasteiger partial charge in [0.25, 0.3) is 0 Å². The van der Waals surface area contributed by atoms with E-state index in [0.29, 0.717) is 0 Å². The molecule has 2 aromatic heterocycles.